The molecule has 0 aromatic heterocycles. The summed E-state index contributed by atoms with van der Waals surface area (Å²) in [4.78, 5) is 0. The molecule has 0 saturated carbocycles. The molecule has 1 aromatic carbocycles. The van der Waals surface area contributed by atoms with Crippen LogP contribution >= 0.6 is 0 Å². The van der Waals surface area contributed by atoms with E-state index < -0.39 is 0 Å². The van der Waals surface area contributed by atoms with Crippen LogP contribution in [-0.4, -0.2) is 6.54 Å². The van der Waals surface area contributed by atoms with Crippen molar-refractivity contribution in [2.24, 2.45) is 5.73 Å². The van der Waals surface area contributed by atoms with E-state index in [1.807, 2.05) is 6.07 Å². The Labute approximate surface area is 77.9 Å². The van der Waals surface area contributed by atoms with Gasteiger partial charge in [-0.15, -0.1) is 0 Å². The normalized spacial score (nSPS) is 10.1. The van der Waals surface area contributed by atoms with Crippen molar-refractivity contribution in [2.75, 3.05) is 11.9 Å². The van der Waals surface area contributed by atoms with Gasteiger partial charge >= 0.3 is 0 Å². The molecule has 0 heterocycles. The first-order valence-corrected chi connectivity index (χ1v) is 4.50. The summed E-state index contributed by atoms with van der Waals surface area (Å²) in [5.41, 5.74) is 6.71. The van der Waals surface area contributed by atoms with E-state index in [0.717, 1.165) is 18.7 Å². The Kier molecular flexibility index (Phi) is 3.71. The monoisotopic (exact) mass is 182 g/mol. The minimum atomic E-state index is -0.233. The van der Waals surface area contributed by atoms with Gasteiger partial charge in [0.2, 0.25) is 0 Å². The maximum atomic E-state index is 13.2. The summed E-state index contributed by atoms with van der Waals surface area (Å²) in [5.74, 6) is -0.233. The first kappa shape index (κ1) is 9.99. The van der Waals surface area contributed by atoms with Gasteiger partial charge in [0.25, 0.3) is 0 Å². The predicted octanol–water partition coefficient (Wildman–Crippen LogP) is 2.11. The molecule has 0 unspecified atom stereocenters. The highest BCUT2D eigenvalue weighted by Crippen LogP contribution is 2.13. The van der Waals surface area contributed by atoms with Crippen LogP contribution in [0.4, 0.5) is 10.1 Å². The maximum Gasteiger partial charge on any atom is 0.129 e. The molecule has 72 valence electrons. The number of halogens is 1. The van der Waals surface area contributed by atoms with Crippen LogP contribution in [0.5, 0.6) is 0 Å². The van der Waals surface area contributed by atoms with Gasteiger partial charge in [0, 0.05) is 24.3 Å². The molecule has 1 aromatic rings. The van der Waals surface area contributed by atoms with Crippen LogP contribution < -0.4 is 11.1 Å². The van der Waals surface area contributed by atoms with Crippen molar-refractivity contribution in [3.63, 3.8) is 0 Å². The third-order valence-corrected chi connectivity index (χ3v) is 1.85. The van der Waals surface area contributed by atoms with E-state index in [1.54, 1.807) is 6.07 Å². The highest BCUT2D eigenvalue weighted by Gasteiger charge is 2.00. The highest BCUT2D eigenvalue weighted by atomic mass is 19.1. The molecular weight excluding hydrogens is 167 g/mol. The molecular formula is C10H15FN2. The summed E-state index contributed by atoms with van der Waals surface area (Å²) in [5, 5.41) is 3.11. The van der Waals surface area contributed by atoms with Gasteiger partial charge in [0.15, 0.2) is 0 Å². The van der Waals surface area contributed by atoms with Crippen LogP contribution in [0.15, 0.2) is 18.2 Å². The van der Waals surface area contributed by atoms with Crippen molar-refractivity contribution >= 4 is 5.69 Å². The second kappa shape index (κ2) is 4.82. The number of anilines is 1. The highest BCUT2D eigenvalue weighted by molar-refractivity contribution is 5.45. The number of nitrogens with one attached hydrogen (secondary N) is 1. The number of benzene rings is 1. The zero-order chi connectivity index (χ0) is 9.68. The summed E-state index contributed by atoms with van der Waals surface area (Å²) < 4.78 is 13.2. The van der Waals surface area contributed by atoms with Crippen LogP contribution in [0.2, 0.25) is 0 Å². The summed E-state index contributed by atoms with van der Waals surface area (Å²) in [6.07, 6.45) is 1.03. The second-order valence-electron chi connectivity index (χ2n) is 2.94. The van der Waals surface area contributed by atoms with Gasteiger partial charge < -0.3 is 11.1 Å². The summed E-state index contributed by atoms with van der Waals surface area (Å²) in [6.45, 7) is 3.18. The standard InChI is InChI=1S/C10H15FN2/c1-2-5-13-9-4-3-8(7-12)10(11)6-9/h3-4,6,13H,2,5,7,12H2,1H3. The lowest BCUT2D eigenvalue weighted by molar-refractivity contribution is 0.611. The van der Waals surface area contributed by atoms with E-state index in [-0.39, 0.29) is 12.4 Å². The Morgan fingerprint density at radius 3 is 2.77 bits per heavy atom. The lowest BCUT2D eigenvalue weighted by atomic mass is 10.2. The average molecular weight is 182 g/mol. The van der Waals surface area contributed by atoms with E-state index in [1.165, 1.54) is 6.07 Å². The van der Waals surface area contributed by atoms with Crippen molar-refractivity contribution < 1.29 is 4.39 Å². The molecule has 3 N–H and O–H groups in total. The van der Waals surface area contributed by atoms with Gasteiger partial charge in [0.1, 0.15) is 5.82 Å². The predicted molar refractivity (Wildman–Crippen MR) is 53.1 cm³/mol. The molecule has 0 spiro atoms. The number of hydrogen-bond donors (Lipinski definition) is 2. The van der Waals surface area contributed by atoms with Gasteiger partial charge in [-0.05, 0) is 18.6 Å². The summed E-state index contributed by atoms with van der Waals surface area (Å²) in [6, 6.07) is 5.05. The quantitative estimate of drug-likeness (QED) is 0.748. The largest absolute Gasteiger partial charge is 0.385 e. The van der Waals surface area contributed by atoms with Gasteiger partial charge in [-0.3, -0.25) is 0 Å². The summed E-state index contributed by atoms with van der Waals surface area (Å²) in [7, 11) is 0. The molecule has 0 atom stereocenters. The first-order valence-electron chi connectivity index (χ1n) is 4.50. The second-order valence-corrected chi connectivity index (χ2v) is 2.94. The maximum absolute atomic E-state index is 13.2. The number of rotatable bonds is 4. The third-order valence-electron chi connectivity index (χ3n) is 1.85. The molecule has 0 bridgehead atoms. The van der Waals surface area contributed by atoms with E-state index in [0.29, 0.717) is 5.56 Å². The van der Waals surface area contributed by atoms with Crippen LogP contribution in [0, 0.1) is 5.82 Å². The molecule has 2 nitrogen and oxygen atoms in total. The van der Waals surface area contributed by atoms with Gasteiger partial charge in [0.05, 0.1) is 0 Å². The lowest BCUT2D eigenvalue weighted by Crippen LogP contribution is -2.03. The molecule has 1 rings (SSSR count). The zero-order valence-corrected chi connectivity index (χ0v) is 7.81. The zero-order valence-electron chi connectivity index (χ0n) is 7.81. The molecule has 0 aliphatic carbocycles. The minimum Gasteiger partial charge on any atom is -0.385 e. The van der Waals surface area contributed by atoms with Crippen molar-refractivity contribution in [2.45, 2.75) is 19.9 Å². The molecule has 0 aliphatic rings. The van der Waals surface area contributed by atoms with E-state index in [2.05, 4.69) is 12.2 Å². The first-order chi connectivity index (χ1) is 6.27. The number of nitrogens with two attached hydrogens (primary N) is 1. The fraction of sp³-hybridized carbons (Fsp3) is 0.400. The van der Waals surface area contributed by atoms with Crippen LogP contribution in [0.25, 0.3) is 0 Å². The number of hydrogen-bond acceptors (Lipinski definition) is 2. The molecule has 0 amide bonds. The van der Waals surface area contributed by atoms with E-state index in [9.17, 15) is 4.39 Å². The Morgan fingerprint density at radius 2 is 2.23 bits per heavy atom. The topological polar surface area (TPSA) is 38.0 Å². The summed E-state index contributed by atoms with van der Waals surface area (Å²) >= 11 is 0. The van der Waals surface area contributed by atoms with Crippen molar-refractivity contribution in [3.8, 4) is 0 Å². The van der Waals surface area contributed by atoms with Gasteiger partial charge in [-0.25, -0.2) is 4.39 Å². The van der Waals surface area contributed by atoms with Crippen LogP contribution in [0.3, 0.4) is 0 Å². The van der Waals surface area contributed by atoms with Crippen molar-refractivity contribution in [1.82, 2.24) is 0 Å². The smallest absolute Gasteiger partial charge is 0.129 e. The Hall–Kier alpha value is -1.09. The van der Waals surface area contributed by atoms with Gasteiger partial charge in [-0.1, -0.05) is 13.0 Å². The fourth-order valence-electron chi connectivity index (χ4n) is 1.09. The molecule has 0 fully saturated rings. The lowest BCUT2D eigenvalue weighted by Gasteiger charge is -2.06. The Morgan fingerprint density at radius 1 is 1.46 bits per heavy atom. The molecule has 0 aliphatic heterocycles. The van der Waals surface area contributed by atoms with Crippen LogP contribution in [0.1, 0.15) is 18.9 Å². The van der Waals surface area contributed by atoms with Crippen molar-refractivity contribution in [1.29, 1.82) is 0 Å². The Bertz CT molecular complexity index is 274. The third kappa shape index (κ3) is 2.70. The minimum absolute atomic E-state index is 0.233. The van der Waals surface area contributed by atoms with Crippen molar-refractivity contribution in [3.05, 3.63) is 29.6 Å². The molecule has 0 saturated heterocycles. The van der Waals surface area contributed by atoms with E-state index in [4.69, 9.17) is 5.73 Å². The van der Waals surface area contributed by atoms with Gasteiger partial charge in [-0.2, -0.15) is 0 Å². The van der Waals surface area contributed by atoms with E-state index >= 15 is 0 Å². The average Bonchev–Trinajstić information content (AvgIpc) is 2.15. The Balaban J connectivity index is 2.71. The molecule has 0 radical (unpaired) electrons. The fourth-order valence-corrected chi connectivity index (χ4v) is 1.09. The van der Waals surface area contributed by atoms with Crippen LogP contribution in [-0.2, 0) is 6.54 Å². The molecule has 13 heavy (non-hydrogen) atoms. The SMILES string of the molecule is CCCNc1ccc(CN)c(F)c1. The molecule has 3 heteroatoms.